The zero-order valence-corrected chi connectivity index (χ0v) is 15.6. The van der Waals surface area contributed by atoms with E-state index in [1.807, 2.05) is 6.07 Å². The molecule has 1 atom stereocenters. The summed E-state index contributed by atoms with van der Waals surface area (Å²) in [6.45, 7) is 5.04. The number of carbonyl (C=O) groups is 1. The highest BCUT2D eigenvalue weighted by Crippen LogP contribution is 2.30. The molecule has 1 aromatic carbocycles. The molecule has 2 aromatic rings. The molecule has 3 rings (SSSR count). The maximum Gasteiger partial charge on any atom is 0.217 e. The fourth-order valence-corrected chi connectivity index (χ4v) is 4.11. The third kappa shape index (κ3) is 5.65. The molecule has 1 aliphatic rings. The normalized spacial score (nSPS) is 18.4. The first-order valence-corrected chi connectivity index (χ1v) is 9.74. The van der Waals surface area contributed by atoms with Gasteiger partial charge in [-0.1, -0.05) is 29.5 Å². The second-order valence-corrected chi connectivity index (χ2v) is 7.96. The van der Waals surface area contributed by atoms with Gasteiger partial charge in [0.25, 0.3) is 0 Å². The van der Waals surface area contributed by atoms with E-state index >= 15 is 0 Å². The highest BCUT2D eigenvalue weighted by Gasteiger charge is 2.21. The van der Waals surface area contributed by atoms with Crippen molar-refractivity contribution in [3.63, 3.8) is 0 Å². The van der Waals surface area contributed by atoms with Crippen molar-refractivity contribution in [3.8, 4) is 0 Å². The molecule has 5 heteroatoms. The van der Waals surface area contributed by atoms with Crippen LogP contribution in [-0.2, 0) is 11.3 Å². The molecule has 0 radical (unpaired) electrons. The Bertz CT molecular complexity index is 696. The Kier molecular flexibility index (Phi) is 6.21. The number of amides is 1. The van der Waals surface area contributed by atoms with Crippen molar-refractivity contribution in [2.45, 2.75) is 49.1 Å². The van der Waals surface area contributed by atoms with Crippen LogP contribution in [-0.4, -0.2) is 23.9 Å². The molecule has 0 saturated carbocycles. The molecule has 0 spiro atoms. The van der Waals surface area contributed by atoms with Gasteiger partial charge in [-0.3, -0.25) is 9.69 Å². The van der Waals surface area contributed by atoms with Crippen molar-refractivity contribution in [2.24, 2.45) is 11.7 Å². The van der Waals surface area contributed by atoms with Gasteiger partial charge >= 0.3 is 0 Å². The number of hydrogen-bond donors (Lipinski definition) is 1. The molecule has 2 heterocycles. The number of likely N-dealkylation sites (tertiary alicyclic amines) is 1. The average Bonchev–Trinajstić information content (AvgIpc) is 3.02. The van der Waals surface area contributed by atoms with Crippen LogP contribution in [0.2, 0.25) is 0 Å². The third-order valence-corrected chi connectivity index (χ3v) is 5.59. The number of piperidine rings is 1. The van der Waals surface area contributed by atoms with Gasteiger partial charge in [0.15, 0.2) is 5.09 Å². The molecule has 1 aromatic heterocycles. The number of nitrogens with zero attached hydrogens (tertiary/aromatic N) is 1. The fourth-order valence-electron chi connectivity index (χ4n) is 3.32. The van der Waals surface area contributed by atoms with Crippen LogP contribution in [0.25, 0.3) is 0 Å². The van der Waals surface area contributed by atoms with Gasteiger partial charge in [-0.2, -0.15) is 0 Å². The molecule has 1 unspecified atom stereocenters. The van der Waals surface area contributed by atoms with E-state index in [1.165, 1.54) is 23.3 Å². The minimum Gasteiger partial charge on any atom is -0.453 e. The number of nitrogens with two attached hydrogens (primary N) is 1. The van der Waals surface area contributed by atoms with E-state index in [9.17, 15) is 4.79 Å². The Morgan fingerprint density at radius 3 is 2.84 bits per heavy atom. The molecule has 1 saturated heterocycles. The summed E-state index contributed by atoms with van der Waals surface area (Å²) in [5.41, 5.74) is 6.54. The van der Waals surface area contributed by atoms with Crippen LogP contribution >= 0.6 is 11.8 Å². The number of furan rings is 1. The Balaban J connectivity index is 1.52. The van der Waals surface area contributed by atoms with Crippen molar-refractivity contribution < 1.29 is 9.21 Å². The molecule has 134 valence electrons. The lowest BCUT2D eigenvalue weighted by molar-refractivity contribution is -0.118. The Labute approximate surface area is 153 Å². The van der Waals surface area contributed by atoms with Crippen LogP contribution in [0.3, 0.4) is 0 Å². The molecule has 1 aliphatic heterocycles. The summed E-state index contributed by atoms with van der Waals surface area (Å²) in [5, 5.41) is 0.932. The molecule has 4 nitrogen and oxygen atoms in total. The van der Waals surface area contributed by atoms with Crippen LogP contribution in [0, 0.1) is 12.8 Å². The van der Waals surface area contributed by atoms with Crippen LogP contribution < -0.4 is 5.73 Å². The van der Waals surface area contributed by atoms with Gasteiger partial charge in [0, 0.05) is 17.9 Å². The number of aryl methyl sites for hydroxylation is 1. The molecule has 0 aliphatic carbocycles. The van der Waals surface area contributed by atoms with E-state index < -0.39 is 0 Å². The van der Waals surface area contributed by atoms with Gasteiger partial charge in [-0.05, 0) is 62.9 Å². The predicted molar refractivity (Wildman–Crippen MR) is 100 cm³/mol. The molecule has 0 bridgehead atoms. The van der Waals surface area contributed by atoms with Gasteiger partial charge in [0.1, 0.15) is 5.76 Å². The topological polar surface area (TPSA) is 59.5 Å². The fraction of sp³-hybridized carbons (Fsp3) is 0.450. The average molecular weight is 359 g/mol. The monoisotopic (exact) mass is 358 g/mol. The second-order valence-electron chi connectivity index (χ2n) is 6.88. The van der Waals surface area contributed by atoms with E-state index in [0.29, 0.717) is 12.3 Å². The Morgan fingerprint density at radius 1 is 1.28 bits per heavy atom. The molecule has 1 fully saturated rings. The number of rotatable bonds is 7. The number of hydrogen-bond acceptors (Lipinski definition) is 4. The second kappa shape index (κ2) is 8.59. The third-order valence-electron chi connectivity index (χ3n) is 4.66. The summed E-state index contributed by atoms with van der Waals surface area (Å²) in [4.78, 5) is 14.6. The summed E-state index contributed by atoms with van der Waals surface area (Å²) in [7, 11) is 0. The summed E-state index contributed by atoms with van der Waals surface area (Å²) < 4.78 is 6.00. The van der Waals surface area contributed by atoms with Crippen molar-refractivity contribution in [3.05, 3.63) is 47.7 Å². The smallest absolute Gasteiger partial charge is 0.217 e. The predicted octanol–water partition coefficient (Wildman–Crippen LogP) is 4.22. The lowest BCUT2D eigenvalue weighted by Gasteiger charge is -2.32. The highest BCUT2D eigenvalue weighted by molar-refractivity contribution is 7.99. The van der Waals surface area contributed by atoms with E-state index in [-0.39, 0.29) is 5.91 Å². The summed E-state index contributed by atoms with van der Waals surface area (Å²) in [6, 6.07) is 12.6. The molecule has 25 heavy (non-hydrogen) atoms. The van der Waals surface area contributed by atoms with E-state index in [0.717, 1.165) is 36.9 Å². The lowest BCUT2D eigenvalue weighted by atomic mass is 9.93. The van der Waals surface area contributed by atoms with Crippen LogP contribution in [0.15, 0.2) is 50.8 Å². The largest absolute Gasteiger partial charge is 0.453 e. The number of primary amides is 1. The van der Waals surface area contributed by atoms with Crippen molar-refractivity contribution in [2.75, 3.05) is 13.1 Å². The minimum absolute atomic E-state index is 0.194. The van der Waals surface area contributed by atoms with Gasteiger partial charge in [-0.15, -0.1) is 0 Å². The molecular weight excluding hydrogens is 332 g/mol. The maximum atomic E-state index is 11.0. The van der Waals surface area contributed by atoms with Crippen LogP contribution in [0.5, 0.6) is 0 Å². The first-order valence-electron chi connectivity index (χ1n) is 8.92. The first kappa shape index (κ1) is 18.1. The van der Waals surface area contributed by atoms with Gasteiger partial charge in [0.2, 0.25) is 5.91 Å². The lowest BCUT2D eigenvalue weighted by Crippen LogP contribution is -2.35. The van der Waals surface area contributed by atoms with Gasteiger partial charge in [-0.25, -0.2) is 0 Å². The quantitative estimate of drug-likeness (QED) is 0.805. The van der Waals surface area contributed by atoms with Crippen LogP contribution in [0.4, 0.5) is 0 Å². The zero-order chi connectivity index (χ0) is 17.6. The minimum atomic E-state index is -0.194. The highest BCUT2D eigenvalue weighted by atomic mass is 32.2. The number of benzene rings is 1. The standard InChI is InChI=1S/C20H26N2O2S/c1-15-4-8-18(9-5-15)25-20-11-7-17(24-20)14-22-12-2-3-16(13-22)6-10-19(21)23/h4-5,7-9,11,16H,2-3,6,10,12-14H2,1H3,(H2,21,23). The summed E-state index contributed by atoms with van der Waals surface area (Å²) >= 11 is 1.65. The zero-order valence-electron chi connectivity index (χ0n) is 14.7. The van der Waals surface area contributed by atoms with E-state index in [2.05, 4.69) is 42.2 Å². The van der Waals surface area contributed by atoms with Crippen molar-refractivity contribution in [1.29, 1.82) is 0 Å². The summed E-state index contributed by atoms with van der Waals surface area (Å²) in [6.07, 6.45) is 3.76. The molecule has 1 amide bonds. The summed E-state index contributed by atoms with van der Waals surface area (Å²) in [5.74, 6) is 1.38. The Hall–Kier alpha value is -1.72. The SMILES string of the molecule is Cc1ccc(Sc2ccc(CN3CCCC(CCC(N)=O)C3)o2)cc1. The van der Waals surface area contributed by atoms with Gasteiger partial charge in [0.05, 0.1) is 6.54 Å². The van der Waals surface area contributed by atoms with Crippen molar-refractivity contribution >= 4 is 17.7 Å². The van der Waals surface area contributed by atoms with Crippen molar-refractivity contribution in [1.82, 2.24) is 4.90 Å². The molecular formula is C20H26N2O2S. The van der Waals surface area contributed by atoms with Gasteiger partial charge < -0.3 is 10.2 Å². The van der Waals surface area contributed by atoms with E-state index in [4.69, 9.17) is 10.2 Å². The van der Waals surface area contributed by atoms with E-state index in [1.54, 1.807) is 11.8 Å². The molecule has 2 N–H and O–H groups in total. The Morgan fingerprint density at radius 2 is 2.08 bits per heavy atom. The maximum absolute atomic E-state index is 11.0. The number of carbonyl (C=O) groups excluding carboxylic acids is 1. The first-order chi connectivity index (χ1) is 12.1. The van der Waals surface area contributed by atoms with Crippen LogP contribution in [0.1, 0.15) is 37.0 Å².